The molecule has 1 aliphatic heterocycles. The van der Waals surface area contributed by atoms with Gasteiger partial charge in [0.2, 0.25) is 5.91 Å². The third-order valence-electron chi connectivity index (χ3n) is 5.54. The van der Waals surface area contributed by atoms with Crippen molar-refractivity contribution in [2.75, 3.05) is 36.9 Å². The van der Waals surface area contributed by atoms with Crippen LogP contribution in [0.5, 0.6) is 0 Å². The first kappa shape index (κ1) is 18.6. The number of nitrogens with zero attached hydrogens (tertiary/aromatic N) is 2. The van der Waals surface area contributed by atoms with Crippen LogP contribution in [-0.4, -0.2) is 53.5 Å². The Balaban J connectivity index is 1.44. The number of ether oxygens (including phenoxy) is 1. The molecule has 2 amide bonds. The molecular formula is C21H24N4O3. The van der Waals surface area contributed by atoms with Crippen molar-refractivity contribution in [2.45, 2.75) is 24.8 Å². The van der Waals surface area contributed by atoms with Gasteiger partial charge >= 0.3 is 0 Å². The smallest absolute Gasteiger partial charge is 0.255 e. The molecule has 4 rings (SSSR count). The first-order valence-electron chi connectivity index (χ1n) is 9.63. The summed E-state index contributed by atoms with van der Waals surface area (Å²) in [6, 6.07) is 10.6. The predicted molar refractivity (Wildman–Crippen MR) is 106 cm³/mol. The van der Waals surface area contributed by atoms with E-state index in [1.807, 2.05) is 12.1 Å². The van der Waals surface area contributed by atoms with Gasteiger partial charge in [0.05, 0.1) is 13.2 Å². The molecular weight excluding hydrogens is 356 g/mol. The van der Waals surface area contributed by atoms with Crippen molar-refractivity contribution < 1.29 is 14.3 Å². The molecule has 1 saturated carbocycles. The topological polar surface area (TPSA) is 83.6 Å². The number of aromatic nitrogens is 1. The summed E-state index contributed by atoms with van der Waals surface area (Å²) in [4.78, 5) is 31.6. The van der Waals surface area contributed by atoms with Crippen molar-refractivity contribution in [3.05, 3.63) is 54.4 Å². The molecule has 2 fully saturated rings. The number of carbonyl (C=O) groups is 2. The van der Waals surface area contributed by atoms with E-state index in [9.17, 15) is 9.59 Å². The zero-order valence-electron chi connectivity index (χ0n) is 15.7. The first-order chi connectivity index (χ1) is 13.7. The summed E-state index contributed by atoms with van der Waals surface area (Å²) < 4.78 is 5.43. The van der Waals surface area contributed by atoms with Gasteiger partial charge in [0.25, 0.3) is 5.91 Å². The van der Waals surface area contributed by atoms with Crippen LogP contribution in [0.2, 0.25) is 0 Å². The lowest BCUT2D eigenvalue weighted by molar-refractivity contribution is -0.139. The molecule has 146 valence electrons. The van der Waals surface area contributed by atoms with E-state index in [4.69, 9.17) is 4.74 Å². The van der Waals surface area contributed by atoms with Gasteiger partial charge in [-0.2, -0.15) is 0 Å². The van der Waals surface area contributed by atoms with Gasteiger partial charge in [0.1, 0.15) is 5.54 Å². The molecule has 7 nitrogen and oxygen atoms in total. The molecule has 1 aliphatic carbocycles. The zero-order chi connectivity index (χ0) is 19.4. The predicted octanol–water partition coefficient (Wildman–Crippen LogP) is 2.53. The molecule has 2 aromatic rings. The van der Waals surface area contributed by atoms with Gasteiger partial charge in [-0.05, 0) is 49.6 Å². The Kier molecular flexibility index (Phi) is 5.36. The molecule has 2 N–H and O–H groups in total. The van der Waals surface area contributed by atoms with Gasteiger partial charge in [-0.1, -0.05) is 6.07 Å². The molecule has 2 aliphatic rings. The van der Waals surface area contributed by atoms with Crippen LogP contribution in [0.3, 0.4) is 0 Å². The SMILES string of the molecule is O=C(Nc1cccc(NC(=O)C2(N3CCOCC3)CCC2)c1)c1ccncc1. The van der Waals surface area contributed by atoms with E-state index in [1.54, 1.807) is 36.7 Å². The third kappa shape index (κ3) is 3.76. The lowest BCUT2D eigenvalue weighted by Crippen LogP contribution is -2.63. The highest BCUT2D eigenvalue weighted by atomic mass is 16.5. The monoisotopic (exact) mass is 380 g/mol. The van der Waals surface area contributed by atoms with E-state index >= 15 is 0 Å². The Morgan fingerprint density at radius 2 is 1.68 bits per heavy atom. The number of morpholine rings is 1. The van der Waals surface area contributed by atoms with Crippen LogP contribution < -0.4 is 10.6 Å². The Hall–Kier alpha value is -2.77. The fourth-order valence-electron chi connectivity index (χ4n) is 3.82. The number of pyridine rings is 1. The summed E-state index contributed by atoms with van der Waals surface area (Å²) in [5.74, 6) is -0.187. The number of rotatable bonds is 5. The minimum Gasteiger partial charge on any atom is -0.379 e. The van der Waals surface area contributed by atoms with Crippen LogP contribution in [0, 0.1) is 0 Å². The van der Waals surface area contributed by atoms with Crippen LogP contribution >= 0.6 is 0 Å². The van der Waals surface area contributed by atoms with Crippen LogP contribution in [0.1, 0.15) is 29.6 Å². The van der Waals surface area contributed by atoms with Gasteiger partial charge in [0, 0.05) is 42.4 Å². The summed E-state index contributed by atoms with van der Waals surface area (Å²) in [6.45, 7) is 2.92. The summed E-state index contributed by atoms with van der Waals surface area (Å²) in [5, 5.41) is 5.91. The largest absolute Gasteiger partial charge is 0.379 e. The van der Waals surface area contributed by atoms with E-state index < -0.39 is 5.54 Å². The van der Waals surface area contributed by atoms with Gasteiger partial charge < -0.3 is 15.4 Å². The second-order valence-corrected chi connectivity index (χ2v) is 7.21. The highest BCUT2D eigenvalue weighted by Gasteiger charge is 2.49. The lowest BCUT2D eigenvalue weighted by atomic mass is 9.74. The van der Waals surface area contributed by atoms with E-state index in [0.717, 1.165) is 32.4 Å². The molecule has 1 saturated heterocycles. The van der Waals surface area contributed by atoms with Crippen LogP contribution in [-0.2, 0) is 9.53 Å². The number of hydrogen-bond donors (Lipinski definition) is 2. The maximum absolute atomic E-state index is 13.1. The summed E-state index contributed by atoms with van der Waals surface area (Å²) >= 11 is 0. The Morgan fingerprint density at radius 3 is 2.32 bits per heavy atom. The van der Waals surface area contributed by atoms with E-state index in [1.165, 1.54) is 0 Å². The van der Waals surface area contributed by atoms with Crippen molar-refractivity contribution in [2.24, 2.45) is 0 Å². The van der Waals surface area contributed by atoms with E-state index in [-0.39, 0.29) is 11.8 Å². The average Bonchev–Trinajstić information content (AvgIpc) is 2.69. The fraction of sp³-hybridized carbons (Fsp3) is 0.381. The molecule has 28 heavy (non-hydrogen) atoms. The summed E-state index contributed by atoms with van der Waals surface area (Å²) in [5.41, 5.74) is 1.41. The Labute approximate surface area is 164 Å². The summed E-state index contributed by atoms with van der Waals surface area (Å²) in [6.07, 6.45) is 5.96. The van der Waals surface area contributed by atoms with Crippen molar-refractivity contribution >= 4 is 23.2 Å². The quantitative estimate of drug-likeness (QED) is 0.833. The molecule has 1 aromatic heterocycles. The molecule has 7 heteroatoms. The lowest BCUT2D eigenvalue weighted by Gasteiger charge is -2.49. The molecule has 2 heterocycles. The molecule has 1 aromatic carbocycles. The zero-order valence-corrected chi connectivity index (χ0v) is 15.7. The summed E-state index contributed by atoms with van der Waals surface area (Å²) in [7, 11) is 0. The Bertz CT molecular complexity index is 846. The Morgan fingerprint density at radius 1 is 1.00 bits per heavy atom. The van der Waals surface area contributed by atoms with E-state index in [2.05, 4.69) is 20.5 Å². The average molecular weight is 380 g/mol. The van der Waals surface area contributed by atoms with Crippen molar-refractivity contribution in [3.8, 4) is 0 Å². The second kappa shape index (κ2) is 8.08. The van der Waals surface area contributed by atoms with Gasteiger partial charge in [-0.15, -0.1) is 0 Å². The highest BCUT2D eigenvalue weighted by Crippen LogP contribution is 2.39. The molecule has 0 spiro atoms. The molecule has 0 bridgehead atoms. The number of nitrogens with one attached hydrogen (secondary N) is 2. The third-order valence-corrected chi connectivity index (χ3v) is 5.54. The number of benzene rings is 1. The minimum absolute atomic E-state index is 0.0262. The number of amides is 2. The van der Waals surface area contributed by atoms with Gasteiger partial charge in [0.15, 0.2) is 0 Å². The first-order valence-corrected chi connectivity index (χ1v) is 9.63. The molecule has 0 radical (unpaired) electrons. The number of hydrogen-bond acceptors (Lipinski definition) is 5. The maximum Gasteiger partial charge on any atom is 0.255 e. The minimum atomic E-state index is -0.430. The fourth-order valence-corrected chi connectivity index (χ4v) is 3.82. The number of anilines is 2. The van der Waals surface area contributed by atoms with Gasteiger partial charge in [-0.25, -0.2) is 0 Å². The van der Waals surface area contributed by atoms with Crippen LogP contribution in [0.25, 0.3) is 0 Å². The van der Waals surface area contributed by atoms with Crippen molar-refractivity contribution in [3.63, 3.8) is 0 Å². The van der Waals surface area contributed by atoms with Crippen LogP contribution in [0.15, 0.2) is 48.8 Å². The highest BCUT2D eigenvalue weighted by molar-refractivity contribution is 6.05. The van der Waals surface area contributed by atoms with Gasteiger partial charge in [-0.3, -0.25) is 19.5 Å². The number of carbonyl (C=O) groups excluding carboxylic acids is 2. The van der Waals surface area contributed by atoms with Crippen molar-refractivity contribution in [1.29, 1.82) is 0 Å². The molecule has 0 atom stereocenters. The standard InChI is InChI=1S/C21H24N4O3/c26-19(16-5-9-22-10-6-16)23-17-3-1-4-18(15-17)24-20(27)21(7-2-8-21)25-11-13-28-14-12-25/h1,3-6,9-10,15H,2,7-8,11-14H2,(H,23,26)(H,24,27). The van der Waals surface area contributed by atoms with Crippen LogP contribution in [0.4, 0.5) is 11.4 Å². The van der Waals surface area contributed by atoms with Crippen molar-refractivity contribution in [1.82, 2.24) is 9.88 Å². The maximum atomic E-state index is 13.1. The molecule has 0 unspecified atom stereocenters. The normalized spacial score (nSPS) is 18.7. The van der Waals surface area contributed by atoms with E-state index in [0.29, 0.717) is 30.2 Å². The second-order valence-electron chi connectivity index (χ2n) is 7.21.